The van der Waals surface area contributed by atoms with Crippen molar-refractivity contribution >= 4 is 70.1 Å². The molecule has 0 atom stereocenters. The summed E-state index contributed by atoms with van der Waals surface area (Å²) in [7, 11) is 3.04. The lowest BCUT2D eigenvalue weighted by molar-refractivity contribution is -0.114. The van der Waals surface area contributed by atoms with E-state index in [1.54, 1.807) is 91.0 Å². The summed E-state index contributed by atoms with van der Waals surface area (Å²) in [5.41, 5.74) is 1.95. The van der Waals surface area contributed by atoms with Crippen LogP contribution in [-0.4, -0.2) is 37.7 Å². The number of nitrogens with one attached hydrogen (secondary N) is 3. The van der Waals surface area contributed by atoms with Gasteiger partial charge in [-0.1, -0.05) is 53.5 Å². The fourth-order valence-electron chi connectivity index (χ4n) is 3.84. The number of methoxy groups -OCH3 is 2. The summed E-state index contributed by atoms with van der Waals surface area (Å²) < 4.78 is 10.7. The van der Waals surface area contributed by atoms with Crippen LogP contribution in [0.5, 0.6) is 11.5 Å². The Morgan fingerprint density at radius 1 is 0.814 bits per heavy atom. The van der Waals surface area contributed by atoms with Crippen LogP contribution in [0.15, 0.2) is 102 Å². The maximum atomic E-state index is 13.5. The fraction of sp³-hybridized carbons (Fsp3) is 0.0938. The third-order valence-electron chi connectivity index (χ3n) is 5.91. The molecule has 0 heterocycles. The van der Waals surface area contributed by atoms with Crippen LogP contribution in [0.4, 0.5) is 11.4 Å². The molecule has 8 nitrogen and oxygen atoms in total. The molecule has 3 N–H and O–H groups in total. The standard InChI is InChI=1S/C32H27Cl2N3O5S/c1-41-28-14-11-20(16-29(28)42-2)15-27(37-31(39)21-7-4-3-5-8-21)32(40)35-23-9-6-10-24(18-23)43-19-30(38)36-26-13-12-22(33)17-25(26)34/h3-18H,19H2,1-2H3,(H,35,40)(H,36,38)(H,37,39)/b27-15+. The highest BCUT2D eigenvalue weighted by Crippen LogP contribution is 2.29. The summed E-state index contributed by atoms with van der Waals surface area (Å²) in [4.78, 5) is 39.7. The number of halogens is 2. The smallest absolute Gasteiger partial charge is 0.272 e. The molecule has 4 aromatic rings. The molecule has 0 bridgehead atoms. The van der Waals surface area contributed by atoms with Crippen LogP contribution in [0, 0.1) is 0 Å². The highest BCUT2D eigenvalue weighted by Gasteiger charge is 2.16. The maximum absolute atomic E-state index is 13.5. The van der Waals surface area contributed by atoms with Gasteiger partial charge < -0.3 is 25.4 Å². The molecule has 4 aromatic carbocycles. The summed E-state index contributed by atoms with van der Waals surface area (Å²) in [5, 5.41) is 9.11. The number of thioether (sulfide) groups is 1. The molecule has 0 aliphatic rings. The molecule has 4 rings (SSSR count). The van der Waals surface area contributed by atoms with Gasteiger partial charge in [0.25, 0.3) is 11.8 Å². The molecule has 43 heavy (non-hydrogen) atoms. The predicted molar refractivity (Wildman–Crippen MR) is 172 cm³/mol. The zero-order chi connectivity index (χ0) is 30.8. The lowest BCUT2D eigenvalue weighted by Gasteiger charge is -2.13. The van der Waals surface area contributed by atoms with Crippen LogP contribution in [0.2, 0.25) is 10.0 Å². The number of hydrogen-bond donors (Lipinski definition) is 3. The van der Waals surface area contributed by atoms with Gasteiger partial charge >= 0.3 is 0 Å². The zero-order valence-corrected chi connectivity index (χ0v) is 25.5. The lowest BCUT2D eigenvalue weighted by atomic mass is 10.1. The Labute approximate surface area is 263 Å². The SMILES string of the molecule is COc1ccc(/C=C(/NC(=O)c2ccccc2)C(=O)Nc2cccc(SCC(=O)Nc3ccc(Cl)cc3Cl)c2)cc1OC. The van der Waals surface area contributed by atoms with Crippen molar-refractivity contribution in [2.75, 3.05) is 30.6 Å². The Balaban J connectivity index is 1.49. The minimum Gasteiger partial charge on any atom is -0.493 e. The van der Waals surface area contributed by atoms with Crippen molar-refractivity contribution in [2.45, 2.75) is 4.90 Å². The average Bonchev–Trinajstić information content (AvgIpc) is 3.01. The van der Waals surface area contributed by atoms with Gasteiger partial charge in [0.1, 0.15) is 5.70 Å². The first kappa shape index (κ1) is 31.5. The van der Waals surface area contributed by atoms with E-state index in [1.807, 2.05) is 6.07 Å². The van der Waals surface area contributed by atoms with Crippen LogP contribution in [0.25, 0.3) is 6.08 Å². The van der Waals surface area contributed by atoms with Crippen LogP contribution in [0.3, 0.4) is 0 Å². The van der Waals surface area contributed by atoms with E-state index in [0.29, 0.717) is 44.0 Å². The summed E-state index contributed by atoms with van der Waals surface area (Å²) in [6.07, 6.45) is 1.54. The molecule has 220 valence electrons. The summed E-state index contributed by atoms with van der Waals surface area (Å²) in [5.74, 6) is -0.147. The topological polar surface area (TPSA) is 106 Å². The molecular formula is C32H27Cl2N3O5S. The van der Waals surface area contributed by atoms with Gasteiger partial charge in [-0.2, -0.15) is 0 Å². The monoisotopic (exact) mass is 635 g/mol. The number of hydrogen-bond acceptors (Lipinski definition) is 6. The van der Waals surface area contributed by atoms with Gasteiger partial charge in [0.2, 0.25) is 5.91 Å². The first-order chi connectivity index (χ1) is 20.7. The Kier molecular flexibility index (Phi) is 11.1. The van der Waals surface area contributed by atoms with Crippen molar-refractivity contribution in [3.63, 3.8) is 0 Å². The van der Waals surface area contributed by atoms with Gasteiger partial charge in [-0.25, -0.2) is 0 Å². The van der Waals surface area contributed by atoms with E-state index in [-0.39, 0.29) is 17.4 Å². The molecule has 0 fully saturated rings. The first-order valence-corrected chi connectivity index (χ1v) is 14.6. The van der Waals surface area contributed by atoms with Crippen molar-refractivity contribution in [2.24, 2.45) is 0 Å². The number of amides is 3. The highest BCUT2D eigenvalue weighted by molar-refractivity contribution is 8.00. The largest absolute Gasteiger partial charge is 0.493 e. The van der Waals surface area contributed by atoms with E-state index in [0.717, 1.165) is 4.90 Å². The van der Waals surface area contributed by atoms with Crippen LogP contribution in [0.1, 0.15) is 15.9 Å². The highest BCUT2D eigenvalue weighted by atomic mass is 35.5. The zero-order valence-electron chi connectivity index (χ0n) is 23.2. The molecule has 0 spiro atoms. The van der Waals surface area contributed by atoms with Gasteiger partial charge in [-0.15, -0.1) is 11.8 Å². The minimum atomic E-state index is -0.545. The van der Waals surface area contributed by atoms with Crippen LogP contribution >= 0.6 is 35.0 Å². The quantitative estimate of drug-likeness (QED) is 0.119. The lowest BCUT2D eigenvalue weighted by Crippen LogP contribution is -2.30. The molecule has 0 saturated heterocycles. The molecule has 0 radical (unpaired) electrons. The summed E-state index contributed by atoms with van der Waals surface area (Å²) in [6.45, 7) is 0. The first-order valence-electron chi connectivity index (χ1n) is 12.8. The van der Waals surface area contributed by atoms with E-state index in [4.69, 9.17) is 32.7 Å². The number of anilines is 2. The van der Waals surface area contributed by atoms with Crippen molar-refractivity contribution in [1.29, 1.82) is 0 Å². The summed E-state index contributed by atoms with van der Waals surface area (Å²) >= 11 is 13.3. The Hall–Kier alpha value is -4.44. The third kappa shape index (κ3) is 9.02. The van der Waals surface area contributed by atoms with Gasteiger partial charge in [0, 0.05) is 21.2 Å². The Morgan fingerprint density at radius 2 is 1.58 bits per heavy atom. The van der Waals surface area contributed by atoms with Crippen molar-refractivity contribution in [1.82, 2.24) is 5.32 Å². The summed E-state index contributed by atoms with van der Waals surface area (Å²) in [6, 6.07) is 25.6. The number of carbonyl (C=O) groups is 3. The van der Waals surface area contributed by atoms with E-state index >= 15 is 0 Å². The van der Waals surface area contributed by atoms with Gasteiger partial charge in [-0.05, 0) is 72.3 Å². The number of ether oxygens (including phenoxy) is 2. The van der Waals surface area contributed by atoms with Gasteiger partial charge in [0.05, 0.1) is 30.7 Å². The van der Waals surface area contributed by atoms with Crippen LogP contribution < -0.4 is 25.4 Å². The number of carbonyl (C=O) groups excluding carboxylic acids is 3. The molecule has 11 heteroatoms. The van der Waals surface area contributed by atoms with Gasteiger partial charge in [0.15, 0.2) is 11.5 Å². The predicted octanol–water partition coefficient (Wildman–Crippen LogP) is 7.15. The van der Waals surface area contributed by atoms with Crippen molar-refractivity contribution in [3.8, 4) is 11.5 Å². The van der Waals surface area contributed by atoms with E-state index in [2.05, 4.69) is 16.0 Å². The molecule has 0 aromatic heterocycles. The minimum absolute atomic E-state index is 0.0124. The Bertz CT molecular complexity index is 1660. The van der Waals surface area contributed by atoms with E-state index in [9.17, 15) is 14.4 Å². The van der Waals surface area contributed by atoms with E-state index < -0.39 is 11.8 Å². The normalized spacial score (nSPS) is 10.9. The second-order valence-electron chi connectivity index (χ2n) is 8.94. The molecular weight excluding hydrogens is 609 g/mol. The Morgan fingerprint density at radius 3 is 2.30 bits per heavy atom. The average molecular weight is 637 g/mol. The molecule has 0 aliphatic heterocycles. The molecule has 0 aliphatic carbocycles. The fourth-order valence-corrected chi connectivity index (χ4v) is 5.05. The molecule has 0 unspecified atom stereocenters. The van der Waals surface area contributed by atoms with Gasteiger partial charge in [-0.3, -0.25) is 14.4 Å². The number of rotatable bonds is 11. The third-order valence-corrected chi connectivity index (χ3v) is 7.46. The van der Waals surface area contributed by atoms with E-state index in [1.165, 1.54) is 26.0 Å². The van der Waals surface area contributed by atoms with Crippen LogP contribution in [-0.2, 0) is 9.59 Å². The maximum Gasteiger partial charge on any atom is 0.272 e. The second kappa shape index (κ2) is 15.2. The number of benzene rings is 4. The van der Waals surface area contributed by atoms with Crippen molar-refractivity contribution in [3.05, 3.63) is 118 Å². The van der Waals surface area contributed by atoms with Crippen molar-refractivity contribution < 1.29 is 23.9 Å². The molecule has 3 amide bonds. The second-order valence-corrected chi connectivity index (χ2v) is 10.8. The molecule has 0 saturated carbocycles.